The summed E-state index contributed by atoms with van der Waals surface area (Å²) in [7, 11) is 1.71. The van der Waals surface area contributed by atoms with E-state index in [1.165, 1.54) is 12.0 Å². The quantitative estimate of drug-likeness (QED) is 0.823. The van der Waals surface area contributed by atoms with Crippen LogP contribution in [0.1, 0.15) is 31.2 Å². The van der Waals surface area contributed by atoms with Gasteiger partial charge in [-0.3, -0.25) is 0 Å². The first-order valence-corrected chi connectivity index (χ1v) is 5.65. The molecule has 0 amide bonds. The summed E-state index contributed by atoms with van der Waals surface area (Å²) in [6.07, 6.45) is 2.29. The first kappa shape index (κ1) is 10.5. The van der Waals surface area contributed by atoms with E-state index < -0.39 is 0 Å². The van der Waals surface area contributed by atoms with Crippen molar-refractivity contribution in [1.29, 1.82) is 0 Å². The Bertz CT molecular complexity index is 337. The highest BCUT2D eigenvalue weighted by molar-refractivity contribution is 5.33. The zero-order chi connectivity index (χ0) is 10.8. The Morgan fingerprint density at radius 1 is 1.47 bits per heavy atom. The van der Waals surface area contributed by atoms with Crippen LogP contribution in [0.5, 0.6) is 5.75 Å². The maximum absolute atomic E-state index is 6.00. The normalized spacial score (nSPS) is 29.7. The Morgan fingerprint density at radius 2 is 2.27 bits per heavy atom. The maximum atomic E-state index is 6.00. The van der Waals surface area contributed by atoms with Crippen molar-refractivity contribution in [2.24, 2.45) is 11.7 Å². The molecular weight excluding hydrogens is 186 g/mol. The van der Waals surface area contributed by atoms with Crippen LogP contribution in [-0.4, -0.2) is 13.2 Å². The summed E-state index contributed by atoms with van der Waals surface area (Å²) in [5.41, 5.74) is 7.38. The molecule has 0 saturated heterocycles. The summed E-state index contributed by atoms with van der Waals surface area (Å²) >= 11 is 0. The van der Waals surface area contributed by atoms with Gasteiger partial charge in [0.2, 0.25) is 0 Å². The average molecular weight is 205 g/mol. The predicted octanol–water partition coefficient (Wildman–Crippen LogP) is 2.54. The highest BCUT2D eigenvalue weighted by atomic mass is 16.5. The van der Waals surface area contributed by atoms with Crippen LogP contribution < -0.4 is 10.5 Å². The van der Waals surface area contributed by atoms with Crippen molar-refractivity contribution in [1.82, 2.24) is 0 Å². The molecule has 2 rings (SSSR count). The molecule has 2 N–H and O–H groups in total. The Balaban J connectivity index is 2.16. The van der Waals surface area contributed by atoms with Crippen LogP contribution in [0.3, 0.4) is 0 Å². The Hall–Kier alpha value is -1.02. The third-order valence-electron chi connectivity index (χ3n) is 3.59. The lowest BCUT2D eigenvalue weighted by Gasteiger charge is -2.42. The van der Waals surface area contributed by atoms with Gasteiger partial charge in [-0.05, 0) is 36.0 Å². The molecule has 3 unspecified atom stereocenters. The van der Waals surface area contributed by atoms with Crippen molar-refractivity contribution < 1.29 is 4.74 Å². The van der Waals surface area contributed by atoms with E-state index in [1.54, 1.807) is 7.11 Å². The molecule has 0 heterocycles. The van der Waals surface area contributed by atoms with Gasteiger partial charge in [0.25, 0.3) is 0 Å². The van der Waals surface area contributed by atoms with Crippen LogP contribution in [0.25, 0.3) is 0 Å². The lowest BCUT2D eigenvalue weighted by atomic mass is 9.65. The van der Waals surface area contributed by atoms with Crippen LogP contribution in [0.4, 0.5) is 0 Å². The van der Waals surface area contributed by atoms with E-state index in [0.29, 0.717) is 17.9 Å². The minimum absolute atomic E-state index is 0.395. The highest BCUT2D eigenvalue weighted by Crippen LogP contribution is 2.44. The van der Waals surface area contributed by atoms with Gasteiger partial charge >= 0.3 is 0 Å². The molecule has 2 nitrogen and oxygen atoms in total. The molecule has 15 heavy (non-hydrogen) atoms. The van der Waals surface area contributed by atoms with Crippen molar-refractivity contribution in [3.8, 4) is 5.75 Å². The summed E-state index contributed by atoms with van der Waals surface area (Å²) in [6, 6.07) is 8.76. The molecule has 1 aliphatic carbocycles. The van der Waals surface area contributed by atoms with Gasteiger partial charge in [0.05, 0.1) is 7.11 Å². The second-order valence-electron chi connectivity index (χ2n) is 4.35. The van der Waals surface area contributed by atoms with Gasteiger partial charge < -0.3 is 10.5 Å². The minimum Gasteiger partial charge on any atom is -0.497 e. The molecule has 3 atom stereocenters. The van der Waals surface area contributed by atoms with Crippen molar-refractivity contribution >= 4 is 0 Å². The lowest BCUT2D eigenvalue weighted by Crippen LogP contribution is -2.45. The smallest absolute Gasteiger partial charge is 0.119 e. The summed E-state index contributed by atoms with van der Waals surface area (Å²) < 4.78 is 5.24. The van der Waals surface area contributed by atoms with E-state index in [-0.39, 0.29) is 0 Å². The Labute approximate surface area is 91.4 Å². The second kappa shape index (κ2) is 4.23. The summed E-state index contributed by atoms with van der Waals surface area (Å²) in [4.78, 5) is 0. The molecule has 1 saturated carbocycles. The van der Waals surface area contributed by atoms with Gasteiger partial charge in [-0.15, -0.1) is 0 Å². The number of ether oxygens (including phenoxy) is 1. The van der Waals surface area contributed by atoms with Gasteiger partial charge in [-0.2, -0.15) is 0 Å². The predicted molar refractivity (Wildman–Crippen MR) is 62.1 cm³/mol. The molecule has 1 aromatic carbocycles. The van der Waals surface area contributed by atoms with Crippen molar-refractivity contribution in [3.63, 3.8) is 0 Å². The number of methoxy groups -OCH3 is 1. The molecule has 0 aromatic heterocycles. The lowest BCUT2D eigenvalue weighted by molar-refractivity contribution is 0.198. The third-order valence-corrected chi connectivity index (χ3v) is 3.59. The number of hydrogen-bond donors (Lipinski definition) is 1. The van der Waals surface area contributed by atoms with E-state index in [9.17, 15) is 0 Å². The van der Waals surface area contributed by atoms with Crippen molar-refractivity contribution in [2.75, 3.05) is 7.11 Å². The summed E-state index contributed by atoms with van der Waals surface area (Å²) in [5, 5.41) is 0. The zero-order valence-electron chi connectivity index (χ0n) is 9.44. The number of nitrogens with two attached hydrogens (primary N) is 1. The van der Waals surface area contributed by atoms with Crippen LogP contribution in [0.2, 0.25) is 0 Å². The SMILES string of the molecule is CCC1C(N)CC1c1cccc(OC)c1. The maximum Gasteiger partial charge on any atom is 0.119 e. The van der Waals surface area contributed by atoms with E-state index in [1.807, 2.05) is 6.07 Å². The average Bonchev–Trinajstić information content (AvgIpc) is 2.26. The van der Waals surface area contributed by atoms with Gasteiger partial charge in [0.1, 0.15) is 5.75 Å². The monoisotopic (exact) mass is 205 g/mol. The molecule has 1 aromatic rings. The molecule has 0 radical (unpaired) electrons. The second-order valence-corrected chi connectivity index (χ2v) is 4.35. The first-order valence-electron chi connectivity index (χ1n) is 5.65. The molecule has 0 spiro atoms. The highest BCUT2D eigenvalue weighted by Gasteiger charge is 2.37. The Morgan fingerprint density at radius 3 is 2.87 bits per heavy atom. The van der Waals surface area contributed by atoms with Crippen LogP contribution >= 0.6 is 0 Å². The molecular formula is C13H19NO. The van der Waals surface area contributed by atoms with Gasteiger partial charge in [0, 0.05) is 6.04 Å². The molecule has 0 bridgehead atoms. The minimum atomic E-state index is 0.395. The topological polar surface area (TPSA) is 35.2 Å². The van der Waals surface area contributed by atoms with Crippen LogP contribution in [0, 0.1) is 5.92 Å². The van der Waals surface area contributed by atoms with Crippen molar-refractivity contribution in [2.45, 2.75) is 31.7 Å². The standard InChI is InChI=1S/C13H19NO/c1-3-11-12(8-13(11)14)9-5-4-6-10(7-9)15-2/h4-7,11-13H,3,8,14H2,1-2H3. The molecule has 82 valence electrons. The van der Waals surface area contributed by atoms with Gasteiger partial charge in [-0.1, -0.05) is 25.5 Å². The van der Waals surface area contributed by atoms with Crippen LogP contribution in [-0.2, 0) is 0 Å². The third kappa shape index (κ3) is 1.86. The molecule has 2 heteroatoms. The van der Waals surface area contributed by atoms with Gasteiger partial charge in [0.15, 0.2) is 0 Å². The van der Waals surface area contributed by atoms with Gasteiger partial charge in [-0.25, -0.2) is 0 Å². The molecule has 1 fully saturated rings. The zero-order valence-corrected chi connectivity index (χ0v) is 9.44. The largest absolute Gasteiger partial charge is 0.497 e. The van der Waals surface area contributed by atoms with Crippen molar-refractivity contribution in [3.05, 3.63) is 29.8 Å². The van der Waals surface area contributed by atoms with E-state index in [2.05, 4.69) is 25.1 Å². The molecule has 1 aliphatic rings. The fourth-order valence-electron chi connectivity index (χ4n) is 2.59. The van der Waals surface area contributed by atoms with E-state index >= 15 is 0 Å². The number of benzene rings is 1. The van der Waals surface area contributed by atoms with E-state index in [4.69, 9.17) is 10.5 Å². The van der Waals surface area contributed by atoms with E-state index in [0.717, 1.165) is 12.2 Å². The fraction of sp³-hybridized carbons (Fsp3) is 0.538. The summed E-state index contributed by atoms with van der Waals surface area (Å²) in [6.45, 7) is 2.22. The number of hydrogen-bond acceptors (Lipinski definition) is 2. The number of rotatable bonds is 3. The Kier molecular flexibility index (Phi) is 2.96. The molecule has 0 aliphatic heterocycles. The van der Waals surface area contributed by atoms with Crippen LogP contribution in [0.15, 0.2) is 24.3 Å². The summed E-state index contributed by atoms with van der Waals surface area (Å²) in [5.74, 6) is 2.24. The fourth-order valence-corrected chi connectivity index (χ4v) is 2.59. The first-order chi connectivity index (χ1) is 7.26.